The molecular formula is C49H92N2O6P+. The van der Waals surface area contributed by atoms with Gasteiger partial charge in [-0.1, -0.05) is 171 Å². The number of carbonyl (C=O) groups is 1. The number of phosphoric ester groups is 1. The summed E-state index contributed by atoms with van der Waals surface area (Å²) in [5.41, 5.74) is 0. The number of aliphatic hydroxyl groups excluding tert-OH is 1. The van der Waals surface area contributed by atoms with Crippen molar-refractivity contribution in [3.8, 4) is 0 Å². The van der Waals surface area contributed by atoms with Gasteiger partial charge in [0.1, 0.15) is 13.2 Å². The number of unbranched alkanes of at least 4 members (excludes halogenated alkanes) is 19. The Hall–Kier alpha value is -1.80. The van der Waals surface area contributed by atoms with Crippen LogP contribution in [0.2, 0.25) is 0 Å². The predicted octanol–water partition coefficient (Wildman–Crippen LogP) is 13.4. The maximum atomic E-state index is 12.9. The van der Waals surface area contributed by atoms with Gasteiger partial charge < -0.3 is 19.8 Å². The summed E-state index contributed by atoms with van der Waals surface area (Å²) in [6.45, 7) is 4.81. The summed E-state index contributed by atoms with van der Waals surface area (Å²) in [7, 11) is 1.56. The first kappa shape index (κ1) is 56.2. The maximum Gasteiger partial charge on any atom is 0.472 e. The minimum atomic E-state index is -4.34. The summed E-state index contributed by atoms with van der Waals surface area (Å²) >= 11 is 0. The van der Waals surface area contributed by atoms with E-state index < -0.39 is 20.0 Å². The molecule has 0 spiro atoms. The van der Waals surface area contributed by atoms with Gasteiger partial charge in [-0.15, -0.1) is 0 Å². The Balaban J connectivity index is 4.48. The lowest BCUT2D eigenvalue weighted by Gasteiger charge is -2.26. The zero-order valence-corrected chi connectivity index (χ0v) is 39.2. The van der Waals surface area contributed by atoms with Crippen molar-refractivity contribution in [1.29, 1.82) is 0 Å². The van der Waals surface area contributed by atoms with Crippen LogP contribution in [0.5, 0.6) is 0 Å². The molecule has 58 heavy (non-hydrogen) atoms. The molecule has 0 heterocycles. The van der Waals surface area contributed by atoms with Gasteiger partial charge in [0.15, 0.2) is 0 Å². The summed E-state index contributed by atoms with van der Waals surface area (Å²) in [5, 5.41) is 13.9. The van der Waals surface area contributed by atoms with Gasteiger partial charge in [-0.3, -0.25) is 13.8 Å². The summed E-state index contributed by atoms with van der Waals surface area (Å²) < 4.78 is 23.6. The third kappa shape index (κ3) is 42.3. The van der Waals surface area contributed by atoms with Gasteiger partial charge in [-0.05, 0) is 77.0 Å². The first-order valence-electron chi connectivity index (χ1n) is 23.7. The quantitative estimate of drug-likeness (QED) is 0.0245. The number of aliphatic hydroxyl groups is 1. The molecule has 0 saturated carbocycles. The normalized spacial score (nSPS) is 14.8. The van der Waals surface area contributed by atoms with E-state index in [0.29, 0.717) is 30.3 Å². The minimum absolute atomic E-state index is 0.0567. The summed E-state index contributed by atoms with van der Waals surface area (Å²) in [4.78, 5) is 23.1. The van der Waals surface area contributed by atoms with Gasteiger partial charge >= 0.3 is 7.82 Å². The van der Waals surface area contributed by atoms with E-state index in [1.165, 1.54) is 109 Å². The average Bonchev–Trinajstić information content (AvgIpc) is 3.17. The number of carbonyl (C=O) groups excluding carboxylic acids is 1. The fraction of sp³-hybridized carbons (Fsp3) is 0.776. The van der Waals surface area contributed by atoms with E-state index in [2.05, 4.69) is 79.9 Å². The molecule has 0 aromatic rings. The number of hydrogen-bond donors (Lipinski definition) is 3. The molecule has 0 aliphatic heterocycles. The molecule has 1 unspecified atom stereocenters. The number of rotatable bonds is 42. The van der Waals surface area contributed by atoms with Crippen molar-refractivity contribution in [2.24, 2.45) is 0 Å². The van der Waals surface area contributed by atoms with E-state index in [9.17, 15) is 19.4 Å². The third-order valence-corrected chi connectivity index (χ3v) is 11.2. The number of allylic oxidation sites excluding steroid dienone is 10. The standard InChI is InChI=1S/C49H91N2O6P/c1-6-8-10-12-14-16-18-20-22-23-24-25-26-27-29-31-33-35-37-39-41-43-49(53)50-47(46-57-58(54,55)56-45-44-51(3,4)5)48(52)42-40-38-36-34-32-30-28-21-19-17-15-13-11-9-7-2/h22-23,25-26,29,31-32,34-35,37,47-48,52H,6-21,24,27-28,30,33,36,38-46H2,1-5H3,(H-,50,53,54,55)/p+1/b23-22+,26-25+,31-29+,34-32+,37-35+/t47-,48+/m0/s1. The van der Waals surface area contributed by atoms with E-state index in [4.69, 9.17) is 9.05 Å². The molecule has 3 N–H and O–H groups in total. The molecular weight excluding hydrogens is 744 g/mol. The van der Waals surface area contributed by atoms with E-state index in [0.717, 1.165) is 51.4 Å². The van der Waals surface area contributed by atoms with Crippen LogP contribution in [0, 0.1) is 0 Å². The predicted molar refractivity (Wildman–Crippen MR) is 249 cm³/mol. The third-order valence-electron chi connectivity index (χ3n) is 10.2. The van der Waals surface area contributed by atoms with Gasteiger partial charge in [0.2, 0.25) is 5.91 Å². The molecule has 0 aromatic carbocycles. The van der Waals surface area contributed by atoms with Crippen LogP contribution in [0.15, 0.2) is 60.8 Å². The van der Waals surface area contributed by atoms with Crippen molar-refractivity contribution in [2.45, 2.75) is 206 Å². The zero-order chi connectivity index (χ0) is 42.8. The zero-order valence-electron chi connectivity index (χ0n) is 38.3. The van der Waals surface area contributed by atoms with Gasteiger partial charge in [0.05, 0.1) is 39.9 Å². The number of likely N-dealkylation sites (N-methyl/N-ethyl adjacent to an activating group) is 1. The van der Waals surface area contributed by atoms with E-state index in [-0.39, 0.29) is 19.1 Å². The molecule has 0 aliphatic carbocycles. The second kappa shape index (κ2) is 40.6. The highest BCUT2D eigenvalue weighted by Gasteiger charge is 2.28. The molecule has 1 amide bonds. The van der Waals surface area contributed by atoms with Crippen LogP contribution in [0.1, 0.15) is 194 Å². The Morgan fingerprint density at radius 3 is 1.45 bits per heavy atom. The van der Waals surface area contributed by atoms with Crippen LogP contribution in [0.25, 0.3) is 0 Å². The van der Waals surface area contributed by atoms with Crippen molar-refractivity contribution < 1.29 is 32.9 Å². The SMILES string of the molecule is CCCCCCCCC/C=C/C/C=C/C/C=C/C/C=C/CCCC(=O)N[C@@H](COP(=O)(O)OCC[N+](C)(C)C)[C@H](O)CCCC/C=C/CCCCCCCCCCC. The highest BCUT2D eigenvalue weighted by atomic mass is 31.2. The van der Waals surface area contributed by atoms with E-state index in [1.54, 1.807) is 0 Å². The number of amides is 1. The average molecular weight is 836 g/mol. The molecule has 0 aliphatic rings. The monoisotopic (exact) mass is 836 g/mol. The highest BCUT2D eigenvalue weighted by molar-refractivity contribution is 7.47. The summed E-state index contributed by atoms with van der Waals surface area (Å²) in [5.74, 6) is -0.210. The van der Waals surface area contributed by atoms with E-state index >= 15 is 0 Å². The summed E-state index contributed by atoms with van der Waals surface area (Å²) in [6, 6.07) is -0.808. The van der Waals surface area contributed by atoms with Crippen LogP contribution in [0.4, 0.5) is 0 Å². The van der Waals surface area contributed by atoms with Crippen molar-refractivity contribution in [1.82, 2.24) is 5.32 Å². The molecule has 0 aromatic heterocycles. The van der Waals surface area contributed by atoms with Gasteiger partial charge in [-0.2, -0.15) is 0 Å². The van der Waals surface area contributed by atoms with Crippen molar-refractivity contribution in [2.75, 3.05) is 40.9 Å². The first-order chi connectivity index (χ1) is 28.0. The number of hydrogen-bond acceptors (Lipinski definition) is 5. The largest absolute Gasteiger partial charge is 0.472 e. The van der Waals surface area contributed by atoms with Crippen LogP contribution >= 0.6 is 7.82 Å². The number of quaternary nitrogens is 1. The molecule has 8 nitrogen and oxygen atoms in total. The lowest BCUT2D eigenvalue weighted by molar-refractivity contribution is -0.870. The second-order valence-electron chi connectivity index (χ2n) is 17.1. The lowest BCUT2D eigenvalue weighted by Crippen LogP contribution is -2.46. The van der Waals surface area contributed by atoms with E-state index in [1.807, 2.05) is 21.1 Å². The van der Waals surface area contributed by atoms with Crippen molar-refractivity contribution in [3.63, 3.8) is 0 Å². The Bertz CT molecular complexity index is 1130. The molecule has 0 bridgehead atoms. The molecule has 338 valence electrons. The number of nitrogens with zero attached hydrogens (tertiary/aromatic N) is 1. The van der Waals surface area contributed by atoms with Crippen LogP contribution < -0.4 is 5.32 Å². The first-order valence-corrected chi connectivity index (χ1v) is 25.1. The van der Waals surface area contributed by atoms with Gasteiger partial charge in [0, 0.05) is 6.42 Å². The minimum Gasteiger partial charge on any atom is -0.391 e. The van der Waals surface area contributed by atoms with Crippen LogP contribution in [0.3, 0.4) is 0 Å². The van der Waals surface area contributed by atoms with Crippen molar-refractivity contribution >= 4 is 13.7 Å². The maximum absolute atomic E-state index is 12.9. The van der Waals surface area contributed by atoms with Crippen LogP contribution in [-0.4, -0.2) is 73.4 Å². The molecule has 0 radical (unpaired) electrons. The number of nitrogens with one attached hydrogen (secondary N) is 1. The topological polar surface area (TPSA) is 105 Å². The smallest absolute Gasteiger partial charge is 0.391 e. The Morgan fingerprint density at radius 1 is 0.586 bits per heavy atom. The fourth-order valence-corrected chi connectivity index (χ4v) is 7.18. The van der Waals surface area contributed by atoms with Crippen LogP contribution in [-0.2, 0) is 18.4 Å². The second-order valence-corrected chi connectivity index (χ2v) is 18.6. The lowest BCUT2D eigenvalue weighted by atomic mass is 10.0. The molecule has 3 atom stereocenters. The van der Waals surface area contributed by atoms with Gasteiger partial charge in [0.25, 0.3) is 0 Å². The summed E-state index contributed by atoms with van der Waals surface area (Å²) in [6.07, 6.45) is 52.6. The number of phosphoric acid groups is 1. The van der Waals surface area contributed by atoms with Crippen molar-refractivity contribution in [3.05, 3.63) is 60.8 Å². The highest BCUT2D eigenvalue weighted by Crippen LogP contribution is 2.43. The molecule has 0 rings (SSSR count). The van der Waals surface area contributed by atoms with Gasteiger partial charge in [-0.25, -0.2) is 4.57 Å². The Kier molecular flexibility index (Phi) is 39.3. The molecule has 0 saturated heterocycles. The molecule has 0 fully saturated rings. The Morgan fingerprint density at radius 2 is 0.983 bits per heavy atom. The molecule has 9 heteroatoms. The fourth-order valence-electron chi connectivity index (χ4n) is 6.44. The Labute approximate surface area is 358 Å².